The van der Waals surface area contributed by atoms with E-state index in [1.807, 2.05) is 18.7 Å². The highest BCUT2D eigenvalue weighted by molar-refractivity contribution is 7.91. The van der Waals surface area contributed by atoms with Crippen molar-refractivity contribution in [3.05, 3.63) is 0 Å². The molecule has 2 atom stereocenters. The molecular weight excluding hydrogens is 314 g/mol. The van der Waals surface area contributed by atoms with E-state index in [1.54, 1.807) is 0 Å². The molecule has 3 aliphatic rings. The molecule has 8 heteroatoms. The number of nitrogens with zero attached hydrogens (tertiary/aromatic N) is 2. The summed E-state index contributed by atoms with van der Waals surface area (Å²) in [4.78, 5) is 14.0. The van der Waals surface area contributed by atoms with E-state index in [0.29, 0.717) is 24.6 Å². The molecule has 21 heavy (non-hydrogen) atoms. The molecule has 3 heterocycles. The molecule has 0 saturated carbocycles. The van der Waals surface area contributed by atoms with Gasteiger partial charge in [-0.25, -0.2) is 13.2 Å². The minimum absolute atomic E-state index is 0. The fourth-order valence-corrected chi connectivity index (χ4v) is 5.53. The van der Waals surface area contributed by atoms with Crippen LogP contribution in [0, 0.1) is 0 Å². The van der Waals surface area contributed by atoms with Gasteiger partial charge in [-0.1, -0.05) is 0 Å². The second-order valence-corrected chi connectivity index (χ2v) is 9.06. The fraction of sp³-hybridized carbons (Fsp3) is 0.923. The van der Waals surface area contributed by atoms with Crippen molar-refractivity contribution >= 4 is 15.9 Å². The number of urea groups is 1. The Morgan fingerprint density at radius 2 is 1.86 bits per heavy atom. The van der Waals surface area contributed by atoms with E-state index in [9.17, 15) is 13.2 Å². The molecule has 3 aliphatic heterocycles. The summed E-state index contributed by atoms with van der Waals surface area (Å²) in [6.45, 7) is 7.40. The van der Waals surface area contributed by atoms with Crippen LogP contribution in [-0.4, -0.2) is 79.6 Å². The van der Waals surface area contributed by atoms with Crippen molar-refractivity contribution in [3.8, 4) is 0 Å². The standard InChI is InChI=1S/C13H23N3O3S.ClH/c1-10(2)15-12-3-4-16(9-11(12)14-13(15)17)5-7-20(18,19)8-6-16;/h10-12H,3-9H2,1-2H3;1H/t11-,12+;/m1./s1. The maximum absolute atomic E-state index is 12.1. The van der Waals surface area contributed by atoms with Gasteiger partial charge in [-0.15, -0.1) is 0 Å². The number of carbonyl (C=O) groups excluding carboxylic acids is 1. The number of sulfone groups is 1. The van der Waals surface area contributed by atoms with Crippen LogP contribution in [0.15, 0.2) is 0 Å². The Morgan fingerprint density at radius 3 is 2.43 bits per heavy atom. The average Bonchev–Trinajstić information content (AvgIpc) is 2.68. The van der Waals surface area contributed by atoms with Gasteiger partial charge in [-0.05, 0) is 13.8 Å². The molecule has 3 fully saturated rings. The Bertz CT molecular complexity index is 509. The Morgan fingerprint density at radius 1 is 1.24 bits per heavy atom. The van der Waals surface area contributed by atoms with E-state index >= 15 is 0 Å². The molecule has 122 valence electrons. The maximum Gasteiger partial charge on any atom is 0.318 e. The Balaban J connectivity index is 0.00000161. The Kier molecular flexibility index (Phi) is 4.48. The van der Waals surface area contributed by atoms with Gasteiger partial charge in [-0.3, -0.25) is 0 Å². The minimum atomic E-state index is -2.83. The van der Waals surface area contributed by atoms with Crippen molar-refractivity contribution in [2.45, 2.75) is 38.4 Å². The number of fused-ring (bicyclic) bond motifs is 1. The van der Waals surface area contributed by atoms with E-state index in [2.05, 4.69) is 5.32 Å². The van der Waals surface area contributed by atoms with Crippen molar-refractivity contribution in [2.24, 2.45) is 0 Å². The van der Waals surface area contributed by atoms with Crippen molar-refractivity contribution < 1.29 is 30.1 Å². The Hall–Kier alpha value is -0.530. The molecule has 1 N–H and O–H groups in total. The Labute approximate surface area is 132 Å². The first-order chi connectivity index (χ1) is 9.32. The number of carbonyl (C=O) groups is 1. The predicted octanol–water partition coefficient (Wildman–Crippen LogP) is -3.19. The van der Waals surface area contributed by atoms with Gasteiger partial charge in [0.05, 0.1) is 37.2 Å². The van der Waals surface area contributed by atoms with Crippen molar-refractivity contribution in [2.75, 3.05) is 37.7 Å². The number of halogens is 1. The minimum Gasteiger partial charge on any atom is -1.00 e. The number of piperidine rings is 1. The van der Waals surface area contributed by atoms with Crippen LogP contribution in [-0.2, 0) is 9.84 Å². The number of nitrogens with one attached hydrogen (secondary N) is 1. The van der Waals surface area contributed by atoms with Crippen LogP contribution in [0.4, 0.5) is 4.79 Å². The normalized spacial score (nSPS) is 33.5. The van der Waals surface area contributed by atoms with Gasteiger partial charge in [0, 0.05) is 12.5 Å². The molecule has 1 spiro atoms. The molecular formula is C13H24ClN3O3S. The quantitative estimate of drug-likeness (QED) is 0.513. The molecule has 0 aromatic carbocycles. The maximum atomic E-state index is 12.1. The van der Waals surface area contributed by atoms with Crippen LogP contribution in [0.5, 0.6) is 0 Å². The monoisotopic (exact) mass is 337 g/mol. The first-order valence-corrected chi connectivity index (χ1v) is 9.28. The van der Waals surface area contributed by atoms with E-state index in [0.717, 1.165) is 24.0 Å². The van der Waals surface area contributed by atoms with Gasteiger partial charge < -0.3 is 27.1 Å². The zero-order valence-electron chi connectivity index (χ0n) is 12.6. The number of rotatable bonds is 1. The van der Waals surface area contributed by atoms with E-state index in [-0.39, 0.29) is 36.6 Å². The van der Waals surface area contributed by atoms with Gasteiger partial charge >= 0.3 is 6.03 Å². The molecule has 0 unspecified atom stereocenters. The van der Waals surface area contributed by atoms with Gasteiger partial charge in [0.15, 0.2) is 9.84 Å². The molecule has 0 aromatic heterocycles. The summed E-state index contributed by atoms with van der Waals surface area (Å²) in [5, 5.41) is 3.10. The van der Waals surface area contributed by atoms with Crippen LogP contribution in [0.25, 0.3) is 0 Å². The topological polar surface area (TPSA) is 66.5 Å². The van der Waals surface area contributed by atoms with Crippen molar-refractivity contribution in [1.29, 1.82) is 0 Å². The summed E-state index contributed by atoms with van der Waals surface area (Å²) in [5.74, 6) is 0.596. The van der Waals surface area contributed by atoms with E-state index < -0.39 is 9.84 Å². The average molecular weight is 338 g/mol. The summed E-state index contributed by atoms with van der Waals surface area (Å²) < 4.78 is 24.1. The van der Waals surface area contributed by atoms with Gasteiger partial charge in [0.25, 0.3) is 0 Å². The van der Waals surface area contributed by atoms with Crippen molar-refractivity contribution in [1.82, 2.24) is 10.2 Å². The number of hydrogen-bond donors (Lipinski definition) is 1. The summed E-state index contributed by atoms with van der Waals surface area (Å²) in [6, 6.07) is 0.724. The van der Waals surface area contributed by atoms with Gasteiger partial charge in [0.1, 0.15) is 12.6 Å². The lowest BCUT2D eigenvalue weighted by atomic mass is 9.96. The first kappa shape index (κ1) is 16.8. The molecule has 0 bridgehead atoms. The van der Waals surface area contributed by atoms with Crippen LogP contribution in [0.3, 0.4) is 0 Å². The second-order valence-electron chi connectivity index (χ2n) is 6.76. The SMILES string of the molecule is CC(C)N1C(=O)N[C@@H]2C[N+]3(CC[C@@H]21)CCS(=O)(=O)CC3.[Cl-]. The first-order valence-electron chi connectivity index (χ1n) is 7.46. The zero-order chi connectivity index (χ0) is 14.5. The molecule has 0 radical (unpaired) electrons. The number of hydrogen-bond acceptors (Lipinski definition) is 3. The van der Waals surface area contributed by atoms with Gasteiger partial charge in [0.2, 0.25) is 0 Å². The fourth-order valence-electron chi connectivity index (χ4n) is 4.00. The summed E-state index contributed by atoms with van der Waals surface area (Å²) >= 11 is 0. The number of quaternary nitrogens is 1. The van der Waals surface area contributed by atoms with Gasteiger partial charge in [-0.2, -0.15) is 0 Å². The van der Waals surface area contributed by atoms with Crippen LogP contribution >= 0.6 is 0 Å². The van der Waals surface area contributed by atoms with Crippen LogP contribution in [0.2, 0.25) is 0 Å². The molecule has 0 aromatic rings. The highest BCUT2D eigenvalue weighted by Crippen LogP contribution is 2.30. The lowest BCUT2D eigenvalue weighted by molar-refractivity contribution is -0.930. The second kappa shape index (κ2) is 5.59. The summed E-state index contributed by atoms with van der Waals surface area (Å²) in [6.07, 6.45) is 0.974. The summed E-state index contributed by atoms with van der Waals surface area (Å²) in [7, 11) is -2.83. The lowest BCUT2D eigenvalue weighted by Gasteiger charge is -2.48. The lowest BCUT2D eigenvalue weighted by Crippen LogP contribution is -3.00. The highest BCUT2D eigenvalue weighted by atomic mass is 35.5. The van der Waals surface area contributed by atoms with E-state index in [4.69, 9.17) is 0 Å². The summed E-state index contributed by atoms with van der Waals surface area (Å²) in [5.41, 5.74) is 0. The third kappa shape index (κ3) is 3.00. The smallest absolute Gasteiger partial charge is 0.318 e. The third-order valence-electron chi connectivity index (χ3n) is 5.16. The highest BCUT2D eigenvalue weighted by Gasteiger charge is 2.50. The zero-order valence-corrected chi connectivity index (χ0v) is 14.2. The number of amides is 2. The van der Waals surface area contributed by atoms with Crippen molar-refractivity contribution in [3.63, 3.8) is 0 Å². The van der Waals surface area contributed by atoms with Crippen LogP contribution in [0.1, 0.15) is 20.3 Å². The van der Waals surface area contributed by atoms with E-state index in [1.165, 1.54) is 0 Å². The third-order valence-corrected chi connectivity index (χ3v) is 6.77. The molecule has 6 nitrogen and oxygen atoms in total. The van der Waals surface area contributed by atoms with Crippen LogP contribution < -0.4 is 17.7 Å². The molecule has 3 rings (SSSR count). The predicted molar refractivity (Wildman–Crippen MR) is 76.1 cm³/mol. The molecule has 0 aliphatic carbocycles. The molecule has 2 amide bonds. The molecule has 3 saturated heterocycles. The largest absolute Gasteiger partial charge is 1.00 e.